The van der Waals surface area contributed by atoms with E-state index in [4.69, 9.17) is 4.74 Å². The summed E-state index contributed by atoms with van der Waals surface area (Å²) in [7, 11) is 3.36. The molecular weight excluding hydrogens is 446 g/mol. The Morgan fingerprint density at radius 3 is 2.81 bits per heavy atom. The van der Waals surface area contributed by atoms with Crippen molar-refractivity contribution in [3.63, 3.8) is 0 Å². The number of hydrogen-bond donors (Lipinski definition) is 2. The Balaban J connectivity index is 0.00000243. The maximum atomic E-state index is 13.7. The van der Waals surface area contributed by atoms with Gasteiger partial charge in [-0.3, -0.25) is 9.89 Å². The lowest BCUT2D eigenvalue weighted by molar-refractivity contribution is 0.181. The van der Waals surface area contributed by atoms with Crippen molar-refractivity contribution in [2.45, 2.75) is 57.5 Å². The van der Waals surface area contributed by atoms with Crippen molar-refractivity contribution in [2.75, 3.05) is 20.7 Å². The van der Waals surface area contributed by atoms with Gasteiger partial charge in [-0.05, 0) is 43.9 Å². The van der Waals surface area contributed by atoms with Gasteiger partial charge in [0.2, 0.25) is 0 Å². The molecule has 0 aromatic heterocycles. The van der Waals surface area contributed by atoms with Gasteiger partial charge in [0.1, 0.15) is 5.82 Å². The van der Waals surface area contributed by atoms with Crippen LogP contribution in [0.1, 0.15) is 37.3 Å². The molecule has 7 heteroatoms. The number of likely N-dealkylation sites (tertiary alicyclic amines) is 1. The highest BCUT2D eigenvalue weighted by Crippen LogP contribution is 2.33. The van der Waals surface area contributed by atoms with E-state index in [2.05, 4.69) is 27.4 Å². The molecule has 2 N–H and O–H groups in total. The molecule has 1 saturated carbocycles. The van der Waals surface area contributed by atoms with Crippen molar-refractivity contribution < 1.29 is 9.13 Å². The molecule has 0 radical (unpaired) electrons. The Morgan fingerprint density at radius 1 is 1.38 bits per heavy atom. The highest BCUT2D eigenvalue weighted by atomic mass is 127. The molecule has 1 saturated heterocycles. The summed E-state index contributed by atoms with van der Waals surface area (Å²) in [5, 5.41) is 6.86. The number of ether oxygens (including phenoxy) is 1. The van der Waals surface area contributed by atoms with E-state index in [1.54, 1.807) is 20.2 Å². The summed E-state index contributed by atoms with van der Waals surface area (Å²) >= 11 is 0. The van der Waals surface area contributed by atoms with Gasteiger partial charge in [0.05, 0.1) is 6.61 Å². The Bertz CT molecular complexity index is 624. The van der Waals surface area contributed by atoms with E-state index in [9.17, 15) is 4.39 Å². The predicted molar refractivity (Wildman–Crippen MR) is 113 cm³/mol. The molecule has 1 aromatic rings. The largest absolute Gasteiger partial charge is 0.380 e. The SMILES string of the molecule is CN=C(NCc1ccc(F)c(COC)c1)NC1CC(C)N(C2CC2)C1.I. The Labute approximate surface area is 172 Å². The average Bonchev–Trinajstić information content (AvgIpc) is 3.37. The van der Waals surface area contributed by atoms with Crippen LogP contribution in [0.25, 0.3) is 0 Å². The molecule has 1 aromatic carbocycles. The number of guanidine groups is 1. The van der Waals surface area contributed by atoms with Crippen LogP contribution < -0.4 is 10.6 Å². The first-order chi connectivity index (χ1) is 12.1. The molecule has 1 heterocycles. The van der Waals surface area contributed by atoms with E-state index in [-0.39, 0.29) is 36.4 Å². The van der Waals surface area contributed by atoms with E-state index in [0.29, 0.717) is 24.2 Å². The number of hydrogen-bond acceptors (Lipinski definition) is 3. The van der Waals surface area contributed by atoms with Gasteiger partial charge in [0.15, 0.2) is 5.96 Å². The van der Waals surface area contributed by atoms with E-state index in [1.165, 1.54) is 18.9 Å². The van der Waals surface area contributed by atoms with E-state index in [0.717, 1.165) is 30.5 Å². The highest BCUT2D eigenvalue weighted by molar-refractivity contribution is 14.0. The minimum absolute atomic E-state index is 0. The molecule has 2 fully saturated rings. The summed E-state index contributed by atoms with van der Waals surface area (Å²) in [5.74, 6) is 0.570. The zero-order valence-corrected chi connectivity index (χ0v) is 18.1. The topological polar surface area (TPSA) is 48.9 Å². The second-order valence-electron chi connectivity index (χ2n) is 7.14. The van der Waals surface area contributed by atoms with Crippen LogP contribution >= 0.6 is 24.0 Å². The van der Waals surface area contributed by atoms with Gasteiger partial charge in [0, 0.05) is 50.9 Å². The normalized spacial score (nSPS) is 23.6. The first-order valence-electron chi connectivity index (χ1n) is 9.10. The fourth-order valence-electron chi connectivity index (χ4n) is 3.65. The van der Waals surface area contributed by atoms with Crippen LogP contribution in [0.3, 0.4) is 0 Å². The molecule has 5 nitrogen and oxygen atoms in total. The van der Waals surface area contributed by atoms with Crippen molar-refractivity contribution in [1.29, 1.82) is 0 Å². The molecule has 1 aliphatic heterocycles. The minimum atomic E-state index is -0.229. The fourth-order valence-corrected chi connectivity index (χ4v) is 3.65. The van der Waals surface area contributed by atoms with Gasteiger partial charge >= 0.3 is 0 Å². The van der Waals surface area contributed by atoms with Gasteiger partial charge in [-0.25, -0.2) is 4.39 Å². The van der Waals surface area contributed by atoms with Crippen LogP contribution in [0.5, 0.6) is 0 Å². The molecule has 2 aliphatic rings. The molecule has 146 valence electrons. The van der Waals surface area contributed by atoms with E-state index >= 15 is 0 Å². The quantitative estimate of drug-likeness (QED) is 0.377. The number of rotatable bonds is 6. The summed E-state index contributed by atoms with van der Waals surface area (Å²) < 4.78 is 18.7. The van der Waals surface area contributed by atoms with Gasteiger partial charge in [-0.15, -0.1) is 24.0 Å². The molecule has 1 aliphatic carbocycles. The van der Waals surface area contributed by atoms with E-state index in [1.807, 2.05) is 6.07 Å². The Morgan fingerprint density at radius 2 is 2.15 bits per heavy atom. The van der Waals surface area contributed by atoms with Crippen LogP contribution in [-0.4, -0.2) is 49.7 Å². The Kier molecular flexibility index (Phi) is 8.09. The maximum Gasteiger partial charge on any atom is 0.191 e. The zero-order valence-electron chi connectivity index (χ0n) is 15.8. The van der Waals surface area contributed by atoms with Gasteiger partial charge in [-0.2, -0.15) is 0 Å². The second-order valence-corrected chi connectivity index (χ2v) is 7.14. The maximum absolute atomic E-state index is 13.7. The highest BCUT2D eigenvalue weighted by Gasteiger charge is 2.38. The van der Waals surface area contributed by atoms with Crippen molar-refractivity contribution >= 4 is 29.9 Å². The third-order valence-electron chi connectivity index (χ3n) is 5.07. The standard InChI is InChI=1S/C19H29FN4O.HI/c1-13-8-16(11-24(13)17-5-6-17)23-19(21-2)22-10-14-4-7-18(20)15(9-14)12-25-3;/h4,7,9,13,16-17H,5-6,8,10-12H2,1-3H3,(H2,21,22,23);1H. The van der Waals surface area contributed by atoms with Crippen LogP contribution in [0, 0.1) is 5.82 Å². The molecule has 0 bridgehead atoms. The minimum Gasteiger partial charge on any atom is -0.380 e. The monoisotopic (exact) mass is 476 g/mol. The first kappa shape index (κ1) is 21.4. The van der Waals surface area contributed by atoms with Crippen LogP contribution in [0.4, 0.5) is 4.39 Å². The van der Waals surface area contributed by atoms with Crippen molar-refractivity contribution in [3.8, 4) is 0 Å². The predicted octanol–water partition coefficient (Wildman–Crippen LogP) is 2.88. The average molecular weight is 476 g/mol. The van der Waals surface area contributed by atoms with Crippen LogP contribution in [0.2, 0.25) is 0 Å². The molecule has 0 amide bonds. The van der Waals surface area contributed by atoms with Crippen molar-refractivity contribution in [1.82, 2.24) is 15.5 Å². The lowest BCUT2D eigenvalue weighted by Gasteiger charge is -2.20. The number of methoxy groups -OCH3 is 1. The van der Waals surface area contributed by atoms with Crippen molar-refractivity contribution in [3.05, 3.63) is 35.1 Å². The summed E-state index contributed by atoms with van der Waals surface area (Å²) in [4.78, 5) is 6.94. The molecule has 2 atom stereocenters. The first-order valence-corrected chi connectivity index (χ1v) is 9.10. The lowest BCUT2D eigenvalue weighted by atomic mass is 10.1. The fraction of sp³-hybridized carbons (Fsp3) is 0.632. The summed E-state index contributed by atoms with van der Waals surface area (Å²) in [5.41, 5.74) is 1.59. The van der Waals surface area contributed by atoms with Gasteiger partial charge < -0.3 is 15.4 Å². The van der Waals surface area contributed by atoms with Gasteiger partial charge in [0.25, 0.3) is 0 Å². The lowest BCUT2D eigenvalue weighted by Crippen LogP contribution is -2.44. The number of halogens is 2. The molecule has 2 unspecified atom stereocenters. The number of nitrogens with one attached hydrogen (secondary N) is 2. The summed E-state index contributed by atoms with van der Waals surface area (Å²) in [6.45, 7) is 4.28. The van der Waals surface area contributed by atoms with Crippen LogP contribution in [-0.2, 0) is 17.9 Å². The molecular formula is C19H30FIN4O. The third-order valence-corrected chi connectivity index (χ3v) is 5.07. The summed E-state index contributed by atoms with van der Waals surface area (Å²) in [6, 6.07) is 6.99. The number of nitrogens with zero attached hydrogens (tertiary/aromatic N) is 2. The zero-order chi connectivity index (χ0) is 17.8. The number of benzene rings is 1. The third kappa shape index (κ3) is 5.53. The number of aliphatic imine (C=N–C) groups is 1. The van der Waals surface area contributed by atoms with Gasteiger partial charge in [-0.1, -0.05) is 6.07 Å². The van der Waals surface area contributed by atoms with Crippen molar-refractivity contribution in [2.24, 2.45) is 4.99 Å². The summed E-state index contributed by atoms with van der Waals surface area (Å²) in [6.07, 6.45) is 3.84. The smallest absolute Gasteiger partial charge is 0.191 e. The molecule has 26 heavy (non-hydrogen) atoms. The van der Waals surface area contributed by atoms with E-state index < -0.39 is 0 Å². The van der Waals surface area contributed by atoms with Crippen LogP contribution in [0.15, 0.2) is 23.2 Å². The second kappa shape index (κ2) is 9.85. The molecule has 0 spiro atoms. The molecule has 3 rings (SSSR count). The Hall–Kier alpha value is -0.930.